The lowest BCUT2D eigenvalue weighted by molar-refractivity contribution is -0.126. The molecule has 0 aromatic carbocycles. The highest BCUT2D eigenvalue weighted by molar-refractivity contribution is 7.99. The summed E-state index contributed by atoms with van der Waals surface area (Å²) in [6, 6.07) is 0. The van der Waals surface area contributed by atoms with Crippen LogP contribution in [-0.4, -0.2) is 58.0 Å². The number of hydrogen-bond acceptors (Lipinski definition) is 5. The normalized spacial score (nSPS) is 19.1. The molecule has 1 atom stereocenters. The minimum Gasteiger partial charge on any atom is -0.345 e. The van der Waals surface area contributed by atoms with E-state index in [1.807, 2.05) is 25.6 Å². The fraction of sp³-hybridized carbons (Fsp3) is 0.769. The third-order valence-electron chi connectivity index (χ3n) is 3.76. The van der Waals surface area contributed by atoms with Gasteiger partial charge in [0, 0.05) is 33.1 Å². The van der Waals surface area contributed by atoms with Crippen LogP contribution in [0.2, 0.25) is 0 Å². The smallest absolute Gasteiger partial charge is 0.232 e. The Morgan fingerprint density at radius 1 is 1.55 bits per heavy atom. The summed E-state index contributed by atoms with van der Waals surface area (Å²) >= 11 is 1.46. The van der Waals surface area contributed by atoms with Crippen molar-refractivity contribution < 1.29 is 4.79 Å². The van der Waals surface area contributed by atoms with Gasteiger partial charge in [0.1, 0.15) is 5.82 Å². The molecule has 1 aromatic heterocycles. The fourth-order valence-corrected chi connectivity index (χ4v) is 3.15. The molecule has 0 unspecified atom stereocenters. The number of carbonyl (C=O) groups excluding carboxylic acids is 1. The molecule has 0 radical (unpaired) electrons. The predicted molar refractivity (Wildman–Crippen MR) is 79.9 cm³/mol. The molecule has 0 aliphatic carbocycles. The van der Waals surface area contributed by atoms with Crippen molar-refractivity contribution in [3.8, 4) is 0 Å². The van der Waals surface area contributed by atoms with Crippen LogP contribution in [0.1, 0.15) is 31.5 Å². The topological polar surface area (TPSA) is 63.1 Å². The lowest BCUT2D eigenvalue weighted by Gasteiger charge is -2.21. The predicted octanol–water partition coefficient (Wildman–Crippen LogP) is 0.852. The Labute approximate surface area is 124 Å². The van der Waals surface area contributed by atoms with E-state index in [1.54, 1.807) is 4.90 Å². The number of nitrogens with one attached hydrogen (secondary N) is 1. The molecule has 2 heterocycles. The minimum absolute atomic E-state index is 0.126. The van der Waals surface area contributed by atoms with Gasteiger partial charge in [-0.2, -0.15) is 0 Å². The Morgan fingerprint density at radius 2 is 2.35 bits per heavy atom. The molecule has 6 nitrogen and oxygen atoms in total. The van der Waals surface area contributed by atoms with Gasteiger partial charge >= 0.3 is 0 Å². The van der Waals surface area contributed by atoms with Gasteiger partial charge in [-0.05, 0) is 26.3 Å². The van der Waals surface area contributed by atoms with Crippen molar-refractivity contribution in [2.75, 3.05) is 32.4 Å². The van der Waals surface area contributed by atoms with Crippen molar-refractivity contribution in [2.45, 2.75) is 30.8 Å². The molecule has 0 spiro atoms. The lowest BCUT2D eigenvalue weighted by atomic mass is 9.99. The molecule has 2 rings (SSSR count). The zero-order valence-electron chi connectivity index (χ0n) is 12.4. The molecule has 1 aliphatic heterocycles. The molecular formula is C13H23N5OS. The van der Waals surface area contributed by atoms with Crippen LogP contribution in [0.3, 0.4) is 0 Å². The summed E-state index contributed by atoms with van der Waals surface area (Å²) in [6.07, 6.45) is 2.33. The summed E-state index contributed by atoms with van der Waals surface area (Å²) in [5.41, 5.74) is 0. The van der Waals surface area contributed by atoms with E-state index in [2.05, 4.69) is 15.5 Å². The van der Waals surface area contributed by atoms with Crippen molar-refractivity contribution in [2.24, 2.45) is 7.05 Å². The number of nitrogens with zero attached hydrogens (tertiary/aromatic N) is 4. The van der Waals surface area contributed by atoms with E-state index >= 15 is 0 Å². The van der Waals surface area contributed by atoms with Gasteiger partial charge < -0.3 is 14.8 Å². The van der Waals surface area contributed by atoms with E-state index in [4.69, 9.17) is 0 Å². The first kappa shape index (κ1) is 15.3. The number of rotatable bonds is 5. The summed E-state index contributed by atoms with van der Waals surface area (Å²) in [7, 11) is 3.80. The number of aromatic nitrogens is 3. The number of amides is 1. The molecule has 112 valence electrons. The van der Waals surface area contributed by atoms with Crippen LogP contribution in [0.15, 0.2) is 5.16 Å². The maximum atomic E-state index is 11.8. The van der Waals surface area contributed by atoms with Gasteiger partial charge in [-0.3, -0.25) is 4.79 Å². The van der Waals surface area contributed by atoms with Crippen molar-refractivity contribution in [1.29, 1.82) is 0 Å². The Kier molecular flexibility index (Phi) is 5.42. The first-order valence-corrected chi connectivity index (χ1v) is 8.08. The summed E-state index contributed by atoms with van der Waals surface area (Å²) in [4.78, 5) is 13.5. The molecule has 1 N–H and O–H groups in total. The SMILES string of the molecule is CCN(C)C(=O)CSc1nnc([C@@H]2CCCNC2)n1C. The van der Waals surface area contributed by atoms with Crippen molar-refractivity contribution >= 4 is 17.7 Å². The zero-order chi connectivity index (χ0) is 14.5. The Bertz CT molecular complexity index is 456. The minimum atomic E-state index is 0.126. The van der Waals surface area contributed by atoms with E-state index in [-0.39, 0.29) is 5.91 Å². The summed E-state index contributed by atoms with van der Waals surface area (Å²) < 4.78 is 2.03. The monoisotopic (exact) mass is 297 g/mol. The Balaban J connectivity index is 1.96. The summed E-state index contributed by atoms with van der Waals surface area (Å²) in [5.74, 6) is 2.00. The molecule has 1 amide bonds. The quantitative estimate of drug-likeness (QED) is 0.817. The van der Waals surface area contributed by atoms with Crippen LogP contribution in [0, 0.1) is 0 Å². The Hall–Kier alpha value is -1.08. The third-order valence-corrected chi connectivity index (χ3v) is 4.76. The van der Waals surface area contributed by atoms with Crippen LogP contribution in [-0.2, 0) is 11.8 Å². The zero-order valence-corrected chi connectivity index (χ0v) is 13.2. The standard InChI is InChI=1S/C13H23N5OS/c1-4-17(2)11(19)9-20-13-16-15-12(18(13)3)10-6-5-7-14-8-10/h10,14H,4-9H2,1-3H3/t10-/m1/s1. The number of carbonyl (C=O) groups is 1. The lowest BCUT2D eigenvalue weighted by Crippen LogP contribution is -2.30. The molecule has 1 saturated heterocycles. The highest BCUT2D eigenvalue weighted by Gasteiger charge is 2.22. The first-order chi connectivity index (χ1) is 9.63. The van der Waals surface area contributed by atoms with Gasteiger partial charge in [0.25, 0.3) is 0 Å². The van der Waals surface area contributed by atoms with Crippen molar-refractivity contribution in [1.82, 2.24) is 25.0 Å². The van der Waals surface area contributed by atoms with Crippen LogP contribution in [0.5, 0.6) is 0 Å². The molecular weight excluding hydrogens is 274 g/mol. The summed E-state index contributed by atoms with van der Waals surface area (Å²) in [6.45, 7) is 4.76. The highest BCUT2D eigenvalue weighted by Crippen LogP contribution is 2.24. The maximum absolute atomic E-state index is 11.8. The van der Waals surface area contributed by atoms with Crippen LogP contribution >= 0.6 is 11.8 Å². The molecule has 7 heteroatoms. The first-order valence-electron chi connectivity index (χ1n) is 7.10. The molecule has 20 heavy (non-hydrogen) atoms. The average molecular weight is 297 g/mol. The second-order valence-corrected chi connectivity index (χ2v) is 6.08. The van der Waals surface area contributed by atoms with E-state index in [0.717, 1.165) is 37.0 Å². The third kappa shape index (κ3) is 3.52. The number of thioether (sulfide) groups is 1. The van der Waals surface area contributed by atoms with Gasteiger partial charge in [0.15, 0.2) is 5.16 Å². The van der Waals surface area contributed by atoms with E-state index < -0.39 is 0 Å². The highest BCUT2D eigenvalue weighted by atomic mass is 32.2. The maximum Gasteiger partial charge on any atom is 0.232 e. The molecule has 1 fully saturated rings. The second kappa shape index (κ2) is 7.08. The van der Waals surface area contributed by atoms with Crippen LogP contribution in [0.25, 0.3) is 0 Å². The van der Waals surface area contributed by atoms with Gasteiger partial charge in [0.2, 0.25) is 5.91 Å². The average Bonchev–Trinajstić information content (AvgIpc) is 2.85. The second-order valence-electron chi connectivity index (χ2n) is 5.14. The van der Waals surface area contributed by atoms with Crippen molar-refractivity contribution in [3.63, 3.8) is 0 Å². The fourth-order valence-electron chi connectivity index (χ4n) is 2.29. The van der Waals surface area contributed by atoms with E-state index in [1.165, 1.54) is 18.2 Å². The summed E-state index contributed by atoms with van der Waals surface area (Å²) in [5, 5.41) is 12.8. The molecule has 1 aromatic rings. The Morgan fingerprint density at radius 3 is 3.00 bits per heavy atom. The molecule has 0 bridgehead atoms. The van der Waals surface area contributed by atoms with Crippen LogP contribution < -0.4 is 5.32 Å². The van der Waals surface area contributed by atoms with Gasteiger partial charge in [0.05, 0.1) is 5.75 Å². The largest absolute Gasteiger partial charge is 0.345 e. The van der Waals surface area contributed by atoms with Crippen molar-refractivity contribution in [3.05, 3.63) is 5.82 Å². The van der Waals surface area contributed by atoms with Crippen LogP contribution in [0.4, 0.5) is 0 Å². The molecule has 1 aliphatic rings. The van der Waals surface area contributed by atoms with Gasteiger partial charge in [-0.25, -0.2) is 0 Å². The van der Waals surface area contributed by atoms with E-state index in [0.29, 0.717) is 11.7 Å². The number of piperidine rings is 1. The van der Waals surface area contributed by atoms with Gasteiger partial charge in [-0.15, -0.1) is 10.2 Å². The number of hydrogen-bond donors (Lipinski definition) is 1. The van der Waals surface area contributed by atoms with E-state index in [9.17, 15) is 4.79 Å². The van der Waals surface area contributed by atoms with Gasteiger partial charge in [-0.1, -0.05) is 11.8 Å². The molecule has 0 saturated carbocycles.